The van der Waals surface area contributed by atoms with E-state index in [1.54, 1.807) is 6.07 Å². The zero-order valence-electron chi connectivity index (χ0n) is 11.1. The van der Waals surface area contributed by atoms with Gasteiger partial charge in [-0.15, -0.1) is 0 Å². The van der Waals surface area contributed by atoms with Gasteiger partial charge in [0.05, 0.1) is 6.04 Å². The van der Waals surface area contributed by atoms with E-state index >= 15 is 0 Å². The van der Waals surface area contributed by atoms with Gasteiger partial charge in [0.25, 0.3) is 0 Å². The summed E-state index contributed by atoms with van der Waals surface area (Å²) in [6.45, 7) is 5.06. The zero-order chi connectivity index (χ0) is 13.8. The maximum atomic E-state index is 6.10. The Kier molecular flexibility index (Phi) is 4.87. The van der Waals surface area contributed by atoms with Crippen molar-refractivity contribution < 1.29 is 0 Å². The lowest BCUT2D eigenvalue weighted by Crippen LogP contribution is -2.22. The fraction of sp³-hybridized carbons (Fsp3) is 0.250. The maximum absolute atomic E-state index is 6.10. The van der Waals surface area contributed by atoms with Gasteiger partial charge >= 0.3 is 0 Å². The molecule has 3 heteroatoms. The van der Waals surface area contributed by atoms with Crippen LogP contribution in [0.15, 0.2) is 42.5 Å². The average molecular weight is 294 g/mol. The normalized spacial score (nSPS) is 12.4. The summed E-state index contributed by atoms with van der Waals surface area (Å²) in [5.41, 5.74) is 3.55. The average Bonchev–Trinajstić information content (AvgIpc) is 2.34. The highest BCUT2D eigenvalue weighted by Crippen LogP contribution is 2.28. The van der Waals surface area contributed by atoms with Gasteiger partial charge < -0.3 is 5.32 Å². The standard InChI is InChI=1S/C16H17Cl2N/c1-3-19-16(12-6-4-5-11(2)7-12)13-8-14(17)10-15(18)9-13/h4-10,16,19H,3H2,1-2H3. The monoisotopic (exact) mass is 293 g/mol. The van der Waals surface area contributed by atoms with E-state index in [9.17, 15) is 0 Å². The van der Waals surface area contributed by atoms with Gasteiger partial charge in [0.2, 0.25) is 0 Å². The van der Waals surface area contributed by atoms with Crippen LogP contribution >= 0.6 is 23.2 Å². The first kappa shape index (κ1) is 14.4. The predicted octanol–water partition coefficient (Wildman–Crippen LogP) is 5.00. The summed E-state index contributed by atoms with van der Waals surface area (Å²) in [6.07, 6.45) is 0. The number of benzene rings is 2. The van der Waals surface area contributed by atoms with Crippen LogP contribution in [-0.4, -0.2) is 6.54 Å². The molecule has 0 radical (unpaired) electrons. The van der Waals surface area contributed by atoms with Gasteiger partial charge in [-0.1, -0.05) is 60.0 Å². The number of halogens is 2. The Hall–Kier alpha value is -1.02. The summed E-state index contributed by atoms with van der Waals surface area (Å²) in [4.78, 5) is 0. The molecule has 19 heavy (non-hydrogen) atoms. The van der Waals surface area contributed by atoms with Crippen LogP contribution < -0.4 is 5.32 Å². The summed E-state index contributed by atoms with van der Waals surface area (Å²) in [5.74, 6) is 0. The Balaban J connectivity index is 2.44. The molecule has 100 valence electrons. The highest BCUT2D eigenvalue weighted by Gasteiger charge is 2.14. The molecule has 0 saturated carbocycles. The van der Waals surface area contributed by atoms with Crippen LogP contribution in [0, 0.1) is 6.92 Å². The van der Waals surface area contributed by atoms with E-state index in [1.165, 1.54) is 11.1 Å². The molecule has 0 bridgehead atoms. The minimum absolute atomic E-state index is 0.112. The van der Waals surface area contributed by atoms with Crippen molar-refractivity contribution >= 4 is 23.2 Å². The van der Waals surface area contributed by atoms with Crippen LogP contribution in [-0.2, 0) is 0 Å². The third-order valence-corrected chi connectivity index (χ3v) is 3.44. The molecule has 0 spiro atoms. The van der Waals surface area contributed by atoms with Gasteiger partial charge in [0.1, 0.15) is 0 Å². The predicted molar refractivity (Wildman–Crippen MR) is 83.2 cm³/mol. The lowest BCUT2D eigenvalue weighted by molar-refractivity contribution is 0.630. The van der Waals surface area contributed by atoms with E-state index in [4.69, 9.17) is 23.2 Å². The van der Waals surface area contributed by atoms with Crippen LogP contribution in [0.5, 0.6) is 0 Å². The lowest BCUT2D eigenvalue weighted by Gasteiger charge is -2.20. The molecular weight excluding hydrogens is 277 g/mol. The second-order valence-electron chi connectivity index (χ2n) is 4.61. The summed E-state index contributed by atoms with van der Waals surface area (Å²) in [5, 5.41) is 4.81. The Morgan fingerprint density at radius 2 is 1.68 bits per heavy atom. The first-order valence-electron chi connectivity index (χ1n) is 6.36. The molecule has 0 amide bonds. The number of rotatable bonds is 4. The van der Waals surface area contributed by atoms with E-state index in [0.29, 0.717) is 10.0 Å². The fourth-order valence-corrected chi connectivity index (χ4v) is 2.77. The van der Waals surface area contributed by atoms with Gasteiger partial charge in [-0.25, -0.2) is 0 Å². The molecule has 0 saturated heterocycles. The quantitative estimate of drug-likeness (QED) is 0.836. The van der Waals surface area contributed by atoms with Crippen LogP contribution in [0.25, 0.3) is 0 Å². The molecule has 2 aromatic rings. The fourth-order valence-electron chi connectivity index (χ4n) is 2.22. The third-order valence-electron chi connectivity index (χ3n) is 3.00. The highest BCUT2D eigenvalue weighted by molar-refractivity contribution is 6.34. The van der Waals surface area contributed by atoms with Crippen molar-refractivity contribution in [3.8, 4) is 0 Å². The van der Waals surface area contributed by atoms with Gasteiger partial charge in [-0.3, -0.25) is 0 Å². The number of aryl methyl sites for hydroxylation is 1. The Morgan fingerprint density at radius 1 is 1.00 bits per heavy atom. The van der Waals surface area contributed by atoms with Crippen LogP contribution in [0.3, 0.4) is 0 Å². The van der Waals surface area contributed by atoms with Crippen molar-refractivity contribution in [2.75, 3.05) is 6.54 Å². The summed E-state index contributed by atoms with van der Waals surface area (Å²) in [6, 6.07) is 14.3. The third kappa shape index (κ3) is 3.73. The van der Waals surface area contributed by atoms with Crippen molar-refractivity contribution in [2.24, 2.45) is 0 Å². The smallest absolute Gasteiger partial charge is 0.0577 e. The topological polar surface area (TPSA) is 12.0 Å². The summed E-state index contributed by atoms with van der Waals surface area (Å²) in [7, 11) is 0. The molecule has 0 heterocycles. The minimum Gasteiger partial charge on any atom is -0.307 e. The molecule has 1 N–H and O–H groups in total. The van der Waals surface area contributed by atoms with E-state index in [-0.39, 0.29) is 6.04 Å². The van der Waals surface area contributed by atoms with Gasteiger partial charge in [-0.05, 0) is 42.8 Å². The molecule has 0 aromatic heterocycles. The first-order valence-corrected chi connectivity index (χ1v) is 7.11. The van der Waals surface area contributed by atoms with Crippen molar-refractivity contribution in [3.63, 3.8) is 0 Å². The molecule has 1 unspecified atom stereocenters. The maximum Gasteiger partial charge on any atom is 0.0577 e. The Labute approximate surface area is 124 Å². The molecule has 0 fully saturated rings. The minimum atomic E-state index is 0.112. The molecule has 1 atom stereocenters. The molecular formula is C16H17Cl2N. The SMILES string of the molecule is CCNC(c1cccc(C)c1)c1cc(Cl)cc(Cl)c1. The lowest BCUT2D eigenvalue weighted by atomic mass is 9.97. The van der Waals surface area contributed by atoms with Crippen molar-refractivity contribution in [2.45, 2.75) is 19.9 Å². The number of hydrogen-bond donors (Lipinski definition) is 1. The molecule has 0 aliphatic carbocycles. The second kappa shape index (κ2) is 6.42. The van der Waals surface area contributed by atoms with Gasteiger partial charge in [0, 0.05) is 10.0 Å². The van der Waals surface area contributed by atoms with E-state index < -0.39 is 0 Å². The molecule has 0 aliphatic rings. The van der Waals surface area contributed by atoms with E-state index in [0.717, 1.165) is 12.1 Å². The van der Waals surface area contributed by atoms with Crippen molar-refractivity contribution in [1.82, 2.24) is 5.32 Å². The van der Waals surface area contributed by atoms with Gasteiger partial charge in [-0.2, -0.15) is 0 Å². The van der Waals surface area contributed by atoms with Crippen LogP contribution in [0.1, 0.15) is 29.7 Å². The molecule has 0 aliphatic heterocycles. The van der Waals surface area contributed by atoms with E-state index in [1.807, 2.05) is 12.1 Å². The van der Waals surface area contributed by atoms with Crippen molar-refractivity contribution in [1.29, 1.82) is 0 Å². The first-order chi connectivity index (χ1) is 9.10. The summed E-state index contributed by atoms with van der Waals surface area (Å²) < 4.78 is 0. The zero-order valence-corrected chi connectivity index (χ0v) is 12.6. The van der Waals surface area contributed by atoms with Gasteiger partial charge in [0.15, 0.2) is 0 Å². The molecule has 2 rings (SSSR count). The molecule has 1 nitrogen and oxygen atoms in total. The van der Waals surface area contributed by atoms with E-state index in [2.05, 4.69) is 43.4 Å². The molecule has 2 aromatic carbocycles. The number of hydrogen-bond acceptors (Lipinski definition) is 1. The largest absolute Gasteiger partial charge is 0.307 e. The Morgan fingerprint density at radius 3 is 2.26 bits per heavy atom. The summed E-state index contributed by atoms with van der Waals surface area (Å²) >= 11 is 12.2. The van der Waals surface area contributed by atoms with Crippen molar-refractivity contribution in [3.05, 3.63) is 69.2 Å². The highest BCUT2D eigenvalue weighted by atomic mass is 35.5. The number of nitrogens with one attached hydrogen (secondary N) is 1. The van der Waals surface area contributed by atoms with Crippen LogP contribution in [0.4, 0.5) is 0 Å². The van der Waals surface area contributed by atoms with Crippen LogP contribution in [0.2, 0.25) is 10.0 Å². The second-order valence-corrected chi connectivity index (χ2v) is 5.48. The Bertz CT molecular complexity index is 546.